The van der Waals surface area contributed by atoms with Crippen LogP contribution in [0.25, 0.3) is 11.0 Å². The first kappa shape index (κ1) is 15.4. The van der Waals surface area contributed by atoms with Gasteiger partial charge in [0.1, 0.15) is 0 Å². The normalized spacial score (nSPS) is 10.9. The van der Waals surface area contributed by atoms with Crippen LogP contribution in [0.5, 0.6) is 0 Å². The summed E-state index contributed by atoms with van der Waals surface area (Å²) in [5, 5.41) is 0.565. The Bertz CT molecular complexity index is 956. The minimum Gasteiger partial charge on any atom is -0.465 e. The molecule has 0 saturated heterocycles. The second-order valence-corrected chi connectivity index (χ2v) is 5.70. The van der Waals surface area contributed by atoms with Gasteiger partial charge in [0, 0.05) is 5.02 Å². The van der Waals surface area contributed by atoms with Gasteiger partial charge in [-0.3, -0.25) is 4.57 Å². The molecule has 118 valence electrons. The third kappa shape index (κ3) is 2.75. The number of carbonyl (C=O) groups excluding carboxylic acids is 1. The number of rotatable bonds is 3. The Balaban J connectivity index is 2.08. The van der Waals surface area contributed by atoms with E-state index in [4.69, 9.17) is 16.3 Å². The summed E-state index contributed by atoms with van der Waals surface area (Å²) >= 11 is 5.95. The minimum absolute atomic E-state index is 0.217. The Kier molecular flexibility index (Phi) is 3.96. The summed E-state index contributed by atoms with van der Waals surface area (Å²) < 4.78 is 6.41. The van der Waals surface area contributed by atoms with Crippen molar-refractivity contribution >= 4 is 28.6 Å². The Hall–Kier alpha value is -2.53. The number of nitrogens with one attached hydrogen (secondary N) is 1. The van der Waals surface area contributed by atoms with Gasteiger partial charge in [0.05, 0.1) is 30.3 Å². The summed E-state index contributed by atoms with van der Waals surface area (Å²) in [5.41, 5.74) is 3.41. The Labute approximate surface area is 137 Å². The maximum atomic E-state index is 12.2. The van der Waals surface area contributed by atoms with Gasteiger partial charge in [-0.25, -0.2) is 9.59 Å². The van der Waals surface area contributed by atoms with Gasteiger partial charge in [-0.1, -0.05) is 23.7 Å². The number of nitrogens with zero attached hydrogens (tertiary/aromatic N) is 1. The molecule has 23 heavy (non-hydrogen) atoms. The topological polar surface area (TPSA) is 64.1 Å². The molecule has 1 aromatic heterocycles. The van der Waals surface area contributed by atoms with Crippen molar-refractivity contribution < 1.29 is 9.53 Å². The molecule has 0 spiro atoms. The predicted molar refractivity (Wildman–Crippen MR) is 89.2 cm³/mol. The van der Waals surface area contributed by atoms with Crippen LogP contribution in [0.2, 0.25) is 5.02 Å². The fourth-order valence-electron chi connectivity index (χ4n) is 2.65. The fraction of sp³-hybridized carbons (Fsp3) is 0.176. The lowest BCUT2D eigenvalue weighted by molar-refractivity contribution is 0.0600. The van der Waals surface area contributed by atoms with E-state index >= 15 is 0 Å². The van der Waals surface area contributed by atoms with Crippen LogP contribution < -0.4 is 5.69 Å². The van der Waals surface area contributed by atoms with Gasteiger partial charge >= 0.3 is 11.7 Å². The highest BCUT2D eigenvalue weighted by molar-refractivity contribution is 6.31. The van der Waals surface area contributed by atoms with Crippen LogP contribution >= 0.6 is 11.6 Å². The van der Waals surface area contributed by atoms with E-state index in [0.29, 0.717) is 22.6 Å². The summed E-state index contributed by atoms with van der Waals surface area (Å²) in [4.78, 5) is 26.8. The molecule has 3 rings (SSSR count). The third-order valence-corrected chi connectivity index (χ3v) is 4.15. The molecule has 0 aliphatic heterocycles. The number of methoxy groups -OCH3 is 1. The van der Waals surface area contributed by atoms with Crippen molar-refractivity contribution in [1.29, 1.82) is 0 Å². The number of carbonyl (C=O) groups is 1. The summed E-state index contributed by atoms with van der Waals surface area (Å²) in [5.74, 6) is -0.387. The molecule has 0 aliphatic rings. The van der Waals surface area contributed by atoms with Crippen molar-refractivity contribution in [1.82, 2.24) is 9.55 Å². The van der Waals surface area contributed by atoms with Gasteiger partial charge in [0.2, 0.25) is 0 Å². The highest BCUT2D eigenvalue weighted by Crippen LogP contribution is 2.20. The smallest absolute Gasteiger partial charge is 0.338 e. The molecule has 0 bridgehead atoms. The van der Waals surface area contributed by atoms with E-state index in [1.807, 2.05) is 13.0 Å². The van der Waals surface area contributed by atoms with Gasteiger partial charge in [-0.15, -0.1) is 0 Å². The zero-order valence-corrected chi connectivity index (χ0v) is 13.5. The number of imidazole rings is 1. The number of H-pyrrole nitrogens is 1. The minimum atomic E-state index is -0.387. The average molecular weight is 331 g/mol. The number of ether oxygens (including phenoxy) is 1. The molecule has 6 heteroatoms. The lowest BCUT2D eigenvalue weighted by atomic mass is 10.0. The maximum Gasteiger partial charge on any atom is 0.338 e. The van der Waals surface area contributed by atoms with E-state index in [-0.39, 0.29) is 11.7 Å². The first-order valence-corrected chi connectivity index (χ1v) is 7.44. The number of benzene rings is 2. The number of halogens is 1. The van der Waals surface area contributed by atoms with Crippen molar-refractivity contribution in [2.24, 2.45) is 0 Å². The molecule has 0 aliphatic carbocycles. The Morgan fingerprint density at radius 2 is 2.09 bits per heavy atom. The van der Waals surface area contributed by atoms with Crippen LogP contribution in [0, 0.1) is 6.92 Å². The number of hydrogen-bond acceptors (Lipinski definition) is 3. The number of aromatic amines is 1. The summed E-state index contributed by atoms with van der Waals surface area (Å²) in [6.07, 6.45) is 0. The maximum absolute atomic E-state index is 12.2. The molecule has 3 aromatic rings. The first-order chi connectivity index (χ1) is 11.0. The molecule has 0 amide bonds. The predicted octanol–water partition coefficient (Wildman–Crippen LogP) is 3.13. The van der Waals surface area contributed by atoms with Crippen molar-refractivity contribution in [3.05, 3.63) is 68.6 Å². The molecule has 0 atom stereocenters. The van der Waals surface area contributed by atoms with E-state index in [9.17, 15) is 9.59 Å². The Morgan fingerprint density at radius 1 is 1.30 bits per heavy atom. The molecule has 0 unspecified atom stereocenters. The van der Waals surface area contributed by atoms with Crippen molar-refractivity contribution in [2.75, 3.05) is 7.11 Å². The van der Waals surface area contributed by atoms with Gasteiger partial charge in [0.25, 0.3) is 0 Å². The summed E-state index contributed by atoms with van der Waals surface area (Å²) in [6, 6.07) is 10.6. The third-order valence-electron chi connectivity index (χ3n) is 3.92. The largest absolute Gasteiger partial charge is 0.465 e. The van der Waals surface area contributed by atoms with Crippen LogP contribution in [0.1, 0.15) is 21.5 Å². The molecular weight excluding hydrogens is 316 g/mol. The van der Waals surface area contributed by atoms with E-state index in [2.05, 4.69) is 4.98 Å². The van der Waals surface area contributed by atoms with Crippen molar-refractivity contribution in [2.45, 2.75) is 13.5 Å². The first-order valence-electron chi connectivity index (χ1n) is 7.06. The second-order valence-electron chi connectivity index (χ2n) is 5.26. The highest BCUT2D eigenvalue weighted by Gasteiger charge is 2.14. The second kappa shape index (κ2) is 5.93. The molecule has 0 fully saturated rings. The molecule has 1 heterocycles. The average Bonchev–Trinajstić information content (AvgIpc) is 2.83. The van der Waals surface area contributed by atoms with Crippen LogP contribution in [0.3, 0.4) is 0 Å². The number of fused-ring (bicyclic) bond motifs is 1. The van der Waals surface area contributed by atoms with E-state index < -0.39 is 0 Å². The monoisotopic (exact) mass is 330 g/mol. The quantitative estimate of drug-likeness (QED) is 0.750. The van der Waals surface area contributed by atoms with Gasteiger partial charge in [-0.2, -0.15) is 0 Å². The molecular formula is C17H15ClN2O3. The standard InChI is InChI=1S/C17H15ClN2O3/c1-10-11(4-3-5-13(10)16(21)23-2)9-20-15-7-6-12(18)8-14(15)19-17(20)22/h3-8H,9H2,1-2H3,(H,19,22). The van der Waals surface area contributed by atoms with Crippen LogP contribution in [0.15, 0.2) is 41.2 Å². The summed E-state index contributed by atoms with van der Waals surface area (Å²) in [7, 11) is 1.35. The highest BCUT2D eigenvalue weighted by atomic mass is 35.5. The number of aromatic nitrogens is 2. The zero-order valence-electron chi connectivity index (χ0n) is 12.7. The van der Waals surface area contributed by atoms with E-state index in [0.717, 1.165) is 16.6 Å². The number of esters is 1. The molecule has 0 saturated carbocycles. The zero-order chi connectivity index (χ0) is 16.6. The van der Waals surface area contributed by atoms with E-state index in [1.165, 1.54) is 7.11 Å². The van der Waals surface area contributed by atoms with E-state index in [1.54, 1.807) is 34.9 Å². The SMILES string of the molecule is COC(=O)c1cccc(Cn2c(=O)[nH]c3cc(Cl)ccc32)c1C. The van der Waals surface area contributed by atoms with Crippen molar-refractivity contribution in [3.8, 4) is 0 Å². The van der Waals surface area contributed by atoms with Crippen LogP contribution in [0.4, 0.5) is 0 Å². The molecule has 0 radical (unpaired) electrons. The van der Waals surface area contributed by atoms with Crippen LogP contribution in [-0.4, -0.2) is 22.6 Å². The number of hydrogen-bond donors (Lipinski definition) is 1. The molecule has 5 nitrogen and oxygen atoms in total. The fourth-order valence-corrected chi connectivity index (χ4v) is 2.82. The molecule has 1 N–H and O–H groups in total. The lowest BCUT2D eigenvalue weighted by Crippen LogP contribution is -2.18. The lowest BCUT2D eigenvalue weighted by Gasteiger charge is -2.11. The molecule has 2 aromatic carbocycles. The van der Waals surface area contributed by atoms with Gasteiger partial charge in [0.15, 0.2) is 0 Å². The van der Waals surface area contributed by atoms with Crippen molar-refractivity contribution in [3.63, 3.8) is 0 Å². The van der Waals surface area contributed by atoms with Gasteiger partial charge in [-0.05, 0) is 42.3 Å². The summed E-state index contributed by atoms with van der Waals surface area (Å²) in [6.45, 7) is 2.20. The van der Waals surface area contributed by atoms with Crippen LogP contribution in [-0.2, 0) is 11.3 Å². The van der Waals surface area contributed by atoms with Gasteiger partial charge < -0.3 is 9.72 Å². The Morgan fingerprint density at radius 3 is 2.83 bits per heavy atom.